The van der Waals surface area contributed by atoms with Crippen LogP contribution in [0.3, 0.4) is 0 Å². The lowest BCUT2D eigenvalue weighted by Gasteiger charge is -2.26. The highest BCUT2D eigenvalue weighted by Crippen LogP contribution is 2.32. The lowest BCUT2D eigenvalue weighted by atomic mass is 9.99. The third kappa shape index (κ3) is 4.17. The molecule has 0 rings (SSSR count). The van der Waals surface area contributed by atoms with Crippen LogP contribution in [-0.2, 0) is 0 Å². The van der Waals surface area contributed by atoms with Crippen molar-refractivity contribution in [2.75, 3.05) is 5.75 Å². The second kappa shape index (κ2) is 4.24. The zero-order chi connectivity index (χ0) is 8.20. The van der Waals surface area contributed by atoms with Crippen molar-refractivity contribution < 1.29 is 0 Å². The van der Waals surface area contributed by atoms with E-state index in [0.29, 0.717) is 5.04 Å². The van der Waals surface area contributed by atoms with Crippen LogP contribution >= 0.6 is 11.8 Å². The molecule has 0 amide bonds. The molecule has 0 aromatic heterocycles. The Hall–Kier alpha value is 0.307. The fourth-order valence-electron chi connectivity index (χ4n) is 0.462. The normalized spacial score (nSPS) is 15.1. The first-order chi connectivity index (χ1) is 4.48. The number of thioether (sulfide) groups is 1. The molecule has 0 aliphatic carbocycles. The summed E-state index contributed by atoms with van der Waals surface area (Å²) in [5.74, 6) is 2.04. The lowest BCUT2D eigenvalue weighted by Crippen LogP contribution is -2.16. The summed E-state index contributed by atoms with van der Waals surface area (Å²) in [6.07, 6.45) is 0. The van der Waals surface area contributed by atoms with Gasteiger partial charge in [0.25, 0.3) is 0 Å². The van der Waals surface area contributed by atoms with Gasteiger partial charge in [0.15, 0.2) is 0 Å². The molecule has 0 aromatic carbocycles. The van der Waals surface area contributed by atoms with E-state index in [9.17, 15) is 0 Å². The molecule has 0 bridgehead atoms. The smallest absolute Gasteiger partial charge is 0.0103 e. The average Bonchev–Trinajstić information content (AvgIpc) is 1.80. The Morgan fingerprint density at radius 3 is 2.50 bits per heavy atom. The summed E-state index contributed by atoms with van der Waals surface area (Å²) in [4.78, 5) is 0. The van der Waals surface area contributed by atoms with Crippen LogP contribution in [0.15, 0.2) is 12.0 Å². The van der Waals surface area contributed by atoms with Gasteiger partial charge in [0.05, 0.1) is 0 Å². The van der Waals surface area contributed by atoms with Gasteiger partial charge in [-0.15, -0.1) is 11.8 Å². The first-order valence-electron chi connectivity index (χ1n) is 3.71. The number of hydrogen-bond acceptors (Lipinski definition) is 1. The topological polar surface area (TPSA) is 0 Å². The van der Waals surface area contributed by atoms with Gasteiger partial charge in [-0.3, -0.25) is 0 Å². The largest absolute Gasteiger partial charge is 0.134 e. The molecule has 0 saturated carbocycles. The van der Waals surface area contributed by atoms with Crippen molar-refractivity contribution >= 4 is 22.0 Å². The predicted octanol–water partition coefficient (Wildman–Crippen LogP) is 2.06. The Labute approximate surface area is 71.9 Å². The van der Waals surface area contributed by atoms with Gasteiger partial charge in [0.1, 0.15) is 0 Å². The number of rotatable bonds is 4. The third-order valence-corrected chi connectivity index (χ3v) is 3.86. The second-order valence-corrected chi connectivity index (χ2v) is 7.34. The highest BCUT2D eigenvalue weighted by atomic mass is 32.2. The molecule has 60 valence electrons. The summed E-state index contributed by atoms with van der Waals surface area (Å²) in [6, 6.07) is 0. The van der Waals surface area contributed by atoms with Gasteiger partial charge in [0, 0.05) is 16.0 Å². The van der Waals surface area contributed by atoms with Crippen molar-refractivity contribution in [1.82, 2.24) is 0 Å². The summed E-state index contributed by atoms with van der Waals surface area (Å²) in [7, 11) is 1.28. The van der Waals surface area contributed by atoms with Crippen LogP contribution in [-0.4, -0.2) is 16.0 Å². The minimum absolute atomic E-state index is 0.579. The van der Waals surface area contributed by atoms with Crippen molar-refractivity contribution in [3.63, 3.8) is 0 Å². The van der Waals surface area contributed by atoms with E-state index in [1.165, 1.54) is 16.0 Å². The van der Waals surface area contributed by atoms with Gasteiger partial charge in [-0.2, -0.15) is 0 Å². The zero-order valence-electron chi connectivity index (χ0n) is 7.48. The molecule has 2 heteroatoms. The molecule has 1 unspecified atom stereocenters. The van der Waals surface area contributed by atoms with E-state index >= 15 is 0 Å². The molecule has 0 radical (unpaired) electrons. The van der Waals surface area contributed by atoms with Crippen LogP contribution in [0.25, 0.3) is 0 Å². The number of hydrogen-bond donors (Lipinski definition) is 0. The van der Waals surface area contributed by atoms with E-state index in [0.717, 1.165) is 5.92 Å². The fraction of sp³-hybridized carbons (Fsp3) is 0.750. The minimum atomic E-state index is 0.579. The zero-order valence-corrected chi connectivity index (χ0v) is 10.3. The molecule has 0 saturated heterocycles. The monoisotopic (exact) mass is 174 g/mol. The fourth-order valence-corrected chi connectivity index (χ4v) is 1.89. The van der Waals surface area contributed by atoms with E-state index in [4.69, 9.17) is 0 Å². The van der Waals surface area contributed by atoms with Gasteiger partial charge in [0.2, 0.25) is 0 Å². The van der Waals surface area contributed by atoms with Crippen molar-refractivity contribution in [2.24, 2.45) is 5.92 Å². The lowest BCUT2D eigenvalue weighted by molar-refractivity contribution is 0.489. The van der Waals surface area contributed by atoms with E-state index < -0.39 is 0 Å². The summed E-state index contributed by atoms with van der Waals surface area (Å²) < 4.78 is 0. The van der Waals surface area contributed by atoms with Crippen LogP contribution in [0.5, 0.6) is 0 Å². The van der Waals surface area contributed by atoms with Crippen molar-refractivity contribution in [2.45, 2.75) is 25.8 Å². The van der Waals surface area contributed by atoms with Crippen LogP contribution in [0.2, 0.25) is 5.04 Å². The van der Waals surface area contributed by atoms with Gasteiger partial charge < -0.3 is 0 Å². The van der Waals surface area contributed by atoms with Gasteiger partial charge >= 0.3 is 0 Å². The summed E-state index contributed by atoms with van der Waals surface area (Å²) in [5.41, 5.74) is 0. The first-order valence-corrected chi connectivity index (χ1v) is 5.76. The third-order valence-electron chi connectivity index (χ3n) is 1.94. The molecule has 0 fully saturated rings. The average molecular weight is 174 g/mol. The van der Waals surface area contributed by atoms with E-state index in [1.807, 2.05) is 17.2 Å². The van der Waals surface area contributed by atoms with E-state index in [2.05, 4.69) is 27.4 Å². The van der Waals surface area contributed by atoms with Gasteiger partial charge in [-0.25, -0.2) is 0 Å². The molecular formula is C8H18SSi. The predicted molar refractivity (Wildman–Crippen MR) is 55.8 cm³/mol. The Bertz CT molecular complexity index is 104. The molecule has 0 aromatic rings. The molecule has 0 heterocycles. The van der Waals surface area contributed by atoms with E-state index in [1.54, 1.807) is 0 Å². The van der Waals surface area contributed by atoms with Gasteiger partial charge in [-0.1, -0.05) is 27.4 Å². The Balaban J connectivity index is 3.61. The van der Waals surface area contributed by atoms with Crippen LogP contribution in [0, 0.1) is 5.92 Å². The summed E-state index contributed by atoms with van der Waals surface area (Å²) in [6.45, 7) is 10.7. The summed E-state index contributed by atoms with van der Waals surface area (Å²) in [5, 5.41) is 2.51. The molecule has 0 aliphatic rings. The highest BCUT2D eigenvalue weighted by molar-refractivity contribution is 8.02. The second-order valence-electron chi connectivity index (χ2n) is 3.77. The Morgan fingerprint density at radius 1 is 1.70 bits per heavy atom. The maximum atomic E-state index is 3.69. The van der Waals surface area contributed by atoms with Crippen LogP contribution < -0.4 is 0 Å². The van der Waals surface area contributed by atoms with Crippen LogP contribution in [0.1, 0.15) is 20.8 Å². The minimum Gasteiger partial charge on any atom is -0.134 e. The Kier molecular flexibility index (Phi) is 4.37. The van der Waals surface area contributed by atoms with Crippen molar-refractivity contribution in [3.05, 3.63) is 12.0 Å². The quantitative estimate of drug-likeness (QED) is 0.588. The molecule has 1 atom stereocenters. The Morgan fingerprint density at radius 2 is 2.20 bits per heavy atom. The highest BCUT2D eigenvalue weighted by Gasteiger charge is 2.18. The first kappa shape index (κ1) is 10.3. The van der Waals surface area contributed by atoms with Crippen molar-refractivity contribution in [3.8, 4) is 0 Å². The molecule has 0 nitrogen and oxygen atoms in total. The molecule has 0 N–H and O–H groups in total. The van der Waals surface area contributed by atoms with Crippen LogP contribution in [0.4, 0.5) is 0 Å². The molecular weight excluding hydrogens is 156 g/mol. The molecule has 10 heavy (non-hydrogen) atoms. The summed E-state index contributed by atoms with van der Waals surface area (Å²) >= 11 is 1.83. The SMILES string of the molecule is C=CSCC(C)C(C)(C)[SiH3]. The molecule has 0 spiro atoms. The molecule has 0 aliphatic heterocycles. The standard InChI is InChI=1S/C8H18SSi/c1-5-9-6-7(2)8(3,4)10/h5,7H,1,6H2,2-4,10H3. The van der Waals surface area contributed by atoms with Gasteiger partial charge in [-0.05, 0) is 16.4 Å². The van der Waals surface area contributed by atoms with E-state index in [-0.39, 0.29) is 0 Å². The maximum absolute atomic E-state index is 3.69. The van der Waals surface area contributed by atoms with Crippen molar-refractivity contribution in [1.29, 1.82) is 0 Å². The maximum Gasteiger partial charge on any atom is 0.0103 e.